The van der Waals surface area contributed by atoms with E-state index in [0.717, 1.165) is 19.4 Å². The molecule has 0 aliphatic heterocycles. The molecule has 2 N–H and O–H groups in total. The first-order valence-corrected chi connectivity index (χ1v) is 6.96. The van der Waals surface area contributed by atoms with E-state index in [-0.39, 0.29) is 0 Å². The minimum atomic E-state index is -0.731. The van der Waals surface area contributed by atoms with Crippen LogP contribution in [0.3, 0.4) is 0 Å². The predicted molar refractivity (Wildman–Crippen MR) is 78.3 cm³/mol. The second kappa shape index (κ2) is 7.29. The molecule has 0 heterocycles. The summed E-state index contributed by atoms with van der Waals surface area (Å²) < 4.78 is 0. The van der Waals surface area contributed by atoms with Gasteiger partial charge in [-0.05, 0) is 45.2 Å². The lowest BCUT2D eigenvalue weighted by molar-refractivity contribution is -0.147. The maximum atomic E-state index is 11.0. The number of carboxylic acids is 1. The van der Waals surface area contributed by atoms with Crippen molar-refractivity contribution in [3.05, 3.63) is 35.9 Å². The molecular formula is C16H25NO2. The molecule has 19 heavy (non-hydrogen) atoms. The Bertz CT molecular complexity index is 387. The smallest absolute Gasteiger partial charge is 0.309 e. The van der Waals surface area contributed by atoms with Crippen LogP contribution in [-0.2, 0) is 11.2 Å². The van der Waals surface area contributed by atoms with Crippen molar-refractivity contribution >= 4 is 5.97 Å². The van der Waals surface area contributed by atoms with Crippen LogP contribution in [0.4, 0.5) is 0 Å². The zero-order chi connectivity index (χ0) is 14.3. The largest absolute Gasteiger partial charge is 0.481 e. The lowest BCUT2D eigenvalue weighted by Gasteiger charge is -2.22. The highest BCUT2D eigenvalue weighted by atomic mass is 16.4. The minimum absolute atomic E-state index is 0.409. The average molecular weight is 263 g/mol. The van der Waals surface area contributed by atoms with Crippen LogP contribution < -0.4 is 5.32 Å². The standard InChI is InChI=1S/C16H25NO2/c1-4-14(12-13-8-6-5-7-9-13)17-11-10-16(2,3)15(18)19/h5-9,14,17H,4,10-12H2,1-3H3,(H,18,19). The summed E-state index contributed by atoms with van der Waals surface area (Å²) >= 11 is 0. The maximum Gasteiger partial charge on any atom is 0.309 e. The SMILES string of the molecule is CCC(Cc1ccccc1)NCCC(C)(C)C(=O)O. The summed E-state index contributed by atoms with van der Waals surface area (Å²) in [4.78, 5) is 11.0. The normalized spacial score (nSPS) is 13.2. The fraction of sp³-hybridized carbons (Fsp3) is 0.562. The first kappa shape index (κ1) is 15.7. The van der Waals surface area contributed by atoms with Gasteiger partial charge in [-0.15, -0.1) is 0 Å². The molecule has 1 unspecified atom stereocenters. The van der Waals surface area contributed by atoms with E-state index in [9.17, 15) is 4.79 Å². The van der Waals surface area contributed by atoms with E-state index in [0.29, 0.717) is 12.5 Å². The molecule has 0 radical (unpaired) electrons. The lowest BCUT2D eigenvalue weighted by atomic mass is 9.89. The van der Waals surface area contributed by atoms with E-state index in [1.807, 2.05) is 6.07 Å². The Labute approximate surface area is 116 Å². The van der Waals surface area contributed by atoms with Crippen LogP contribution in [-0.4, -0.2) is 23.7 Å². The van der Waals surface area contributed by atoms with E-state index in [1.54, 1.807) is 13.8 Å². The van der Waals surface area contributed by atoms with E-state index in [1.165, 1.54) is 5.56 Å². The molecule has 0 aromatic heterocycles. The first-order chi connectivity index (χ1) is 8.95. The molecule has 3 heteroatoms. The van der Waals surface area contributed by atoms with Crippen LogP contribution in [0, 0.1) is 5.41 Å². The van der Waals surface area contributed by atoms with Crippen LogP contribution in [0.1, 0.15) is 39.2 Å². The fourth-order valence-corrected chi connectivity index (χ4v) is 1.96. The molecule has 0 amide bonds. The summed E-state index contributed by atoms with van der Waals surface area (Å²) in [6.45, 7) is 6.44. The number of benzene rings is 1. The van der Waals surface area contributed by atoms with Gasteiger partial charge in [0.2, 0.25) is 0 Å². The van der Waals surface area contributed by atoms with Crippen molar-refractivity contribution in [2.45, 2.75) is 46.1 Å². The molecule has 1 rings (SSSR count). The fourth-order valence-electron chi connectivity index (χ4n) is 1.96. The van der Waals surface area contributed by atoms with Crippen LogP contribution in [0.5, 0.6) is 0 Å². The molecular weight excluding hydrogens is 238 g/mol. The van der Waals surface area contributed by atoms with Crippen LogP contribution in [0.25, 0.3) is 0 Å². The molecule has 1 atom stereocenters. The lowest BCUT2D eigenvalue weighted by Crippen LogP contribution is -2.35. The van der Waals surface area contributed by atoms with Gasteiger partial charge < -0.3 is 10.4 Å². The van der Waals surface area contributed by atoms with E-state index in [2.05, 4.69) is 36.5 Å². The molecule has 0 saturated heterocycles. The van der Waals surface area contributed by atoms with Gasteiger partial charge in [-0.3, -0.25) is 4.79 Å². The van der Waals surface area contributed by atoms with Crippen molar-refractivity contribution in [3.8, 4) is 0 Å². The molecule has 0 spiro atoms. The number of carboxylic acid groups (broad SMARTS) is 1. The van der Waals surface area contributed by atoms with Gasteiger partial charge in [0.15, 0.2) is 0 Å². The number of hydrogen-bond donors (Lipinski definition) is 2. The zero-order valence-corrected chi connectivity index (χ0v) is 12.1. The number of nitrogens with one attached hydrogen (secondary N) is 1. The summed E-state index contributed by atoms with van der Waals surface area (Å²) in [7, 11) is 0. The molecule has 106 valence electrons. The third kappa shape index (κ3) is 5.43. The molecule has 1 aromatic rings. The Balaban J connectivity index is 2.40. The highest BCUT2D eigenvalue weighted by Gasteiger charge is 2.26. The Morgan fingerprint density at radius 3 is 2.47 bits per heavy atom. The second-order valence-electron chi connectivity index (χ2n) is 5.69. The Hall–Kier alpha value is -1.35. The van der Waals surface area contributed by atoms with E-state index in [4.69, 9.17) is 5.11 Å². The molecule has 0 saturated carbocycles. The van der Waals surface area contributed by atoms with Gasteiger partial charge in [0.05, 0.1) is 5.41 Å². The minimum Gasteiger partial charge on any atom is -0.481 e. The third-order valence-corrected chi connectivity index (χ3v) is 3.58. The van der Waals surface area contributed by atoms with Gasteiger partial charge in [0.25, 0.3) is 0 Å². The molecule has 1 aromatic carbocycles. The van der Waals surface area contributed by atoms with Crippen molar-refractivity contribution in [2.24, 2.45) is 5.41 Å². The Morgan fingerprint density at radius 1 is 1.32 bits per heavy atom. The number of aliphatic carboxylic acids is 1. The Kier molecular flexibility index (Phi) is 6.03. The van der Waals surface area contributed by atoms with Crippen LogP contribution in [0.2, 0.25) is 0 Å². The first-order valence-electron chi connectivity index (χ1n) is 6.96. The van der Waals surface area contributed by atoms with E-state index < -0.39 is 11.4 Å². The third-order valence-electron chi connectivity index (χ3n) is 3.58. The maximum absolute atomic E-state index is 11.0. The number of carbonyl (C=O) groups is 1. The zero-order valence-electron chi connectivity index (χ0n) is 12.1. The summed E-state index contributed by atoms with van der Waals surface area (Å²) in [6.07, 6.45) is 2.68. The van der Waals surface area contributed by atoms with E-state index >= 15 is 0 Å². The Morgan fingerprint density at radius 2 is 1.95 bits per heavy atom. The molecule has 3 nitrogen and oxygen atoms in total. The summed E-state index contributed by atoms with van der Waals surface area (Å²) in [6, 6.07) is 10.8. The average Bonchev–Trinajstić information content (AvgIpc) is 2.38. The van der Waals surface area contributed by atoms with Crippen molar-refractivity contribution in [2.75, 3.05) is 6.54 Å². The second-order valence-corrected chi connectivity index (χ2v) is 5.69. The van der Waals surface area contributed by atoms with Gasteiger partial charge in [0.1, 0.15) is 0 Å². The van der Waals surface area contributed by atoms with Crippen LogP contribution >= 0.6 is 0 Å². The quantitative estimate of drug-likeness (QED) is 0.757. The number of hydrogen-bond acceptors (Lipinski definition) is 2. The molecule has 0 bridgehead atoms. The summed E-state index contributed by atoms with van der Waals surface area (Å²) in [5.74, 6) is -0.731. The number of rotatable bonds is 8. The van der Waals surface area contributed by atoms with Crippen molar-refractivity contribution in [1.29, 1.82) is 0 Å². The summed E-state index contributed by atoms with van der Waals surface area (Å²) in [5, 5.41) is 12.5. The highest BCUT2D eigenvalue weighted by Crippen LogP contribution is 2.19. The van der Waals surface area contributed by atoms with Gasteiger partial charge in [-0.25, -0.2) is 0 Å². The van der Waals surface area contributed by atoms with Crippen molar-refractivity contribution in [1.82, 2.24) is 5.32 Å². The molecule has 0 aliphatic rings. The topological polar surface area (TPSA) is 49.3 Å². The van der Waals surface area contributed by atoms with Crippen molar-refractivity contribution in [3.63, 3.8) is 0 Å². The highest BCUT2D eigenvalue weighted by molar-refractivity contribution is 5.73. The van der Waals surface area contributed by atoms with Gasteiger partial charge in [0, 0.05) is 6.04 Å². The monoisotopic (exact) mass is 263 g/mol. The van der Waals surface area contributed by atoms with Gasteiger partial charge in [-0.2, -0.15) is 0 Å². The van der Waals surface area contributed by atoms with Crippen LogP contribution in [0.15, 0.2) is 30.3 Å². The molecule has 0 aliphatic carbocycles. The molecule has 0 fully saturated rings. The van der Waals surface area contributed by atoms with Gasteiger partial charge >= 0.3 is 5.97 Å². The summed E-state index contributed by atoms with van der Waals surface area (Å²) in [5.41, 5.74) is 0.664. The van der Waals surface area contributed by atoms with Crippen molar-refractivity contribution < 1.29 is 9.90 Å². The van der Waals surface area contributed by atoms with Gasteiger partial charge in [-0.1, -0.05) is 37.3 Å². The predicted octanol–water partition coefficient (Wildman–Crippen LogP) is 3.10.